The highest BCUT2D eigenvalue weighted by Crippen LogP contribution is 2.34. The molecule has 2 aromatic carbocycles. The van der Waals surface area contributed by atoms with Crippen LogP contribution in [0.15, 0.2) is 30.3 Å². The quantitative estimate of drug-likeness (QED) is 0.739. The van der Waals surface area contributed by atoms with Crippen LogP contribution < -0.4 is 10.1 Å². The van der Waals surface area contributed by atoms with E-state index in [0.29, 0.717) is 21.5 Å². The molecule has 0 fully saturated rings. The Bertz CT molecular complexity index is 905. The molecular weight excluding hydrogens is 332 g/mol. The Balaban J connectivity index is 1.88. The lowest BCUT2D eigenvalue weighted by Gasteiger charge is -2.04. The number of aromatic nitrogens is 1. The molecule has 0 saturated carbocycles. The lowest BCUT2D eigenvalue weighted by Crippen LogP contribution is -2.11. The summed E-state index contributed by atoms with van der Waals surface area (Å²) in [6.45, 7) is 4.00. The fourth-order valence-electron chi connectivity index (χ4n) is 2.19. The van der Waals surface area contributed by atoms with E-state index in [1.54, 1.807) is 13.2 Å². The molecule has 0 aliphatic heterocycles. The van der Waals surface area contributed by atoms with Gasteiger partial charge in [-0.3, -0.25) is 10.1 Å². The number of amides is 1. The number of hydrogen-bond acceptors (Lipinski definition) is 4. The monoisotopic (exact) mass is 346 g/mol. The van der Waals surface area contributed by atoms with E-state index in [1.165, 1.54) is 11.3 Å². The Morgan fingerprint density at radius 1 is 1.22 bits per heavy atom. The topological polar surface area (TPSA) is 51.2 Å². The minimum Gasteiger partial charge on any atom is -0.495 e. The average molecular weight is 347 g/mol. The first-order valence-electron chi connectivity index (χ1n) is 7.00. The molecule has 1 aromatic heterocycles. The number of ether oxygens (including phenoxy) is 1. The van der Waals surface area contributed by atoms with Gasteiger partial charge in [0.25, 0.3) is 5.91 Å². The summed E-state index contributed by atoms with van der Waals surface area (Å²) < 4.78 is 6.10. The highest BCUT2D eigenvalue weighted by Gasteiger charge is 2.12. The van der Waals surface area contributed by atoms with Crippen molar-refractivity contribution in [2.75, 3.05) is 12.4 Å². The van der Waals surface area contributed by atoms with Gasteiger partial charge in [0.05, 0.1) is 22.3 Å². The number of hydrogen-bond donors (Lipinski definition) is 1. The first-order valence-corrected chi connectivity index (χ1v) is 8.20. The maximum atomic E-state index is 12.3. The second-order valence-corrected chi connectivity index (χ2v) is 6.66. The molecule has 0 radical (unpaired) electrons. The molecule has 23 heavy (non-hydrogen) atoms. The summed E-state index contributed by atoms with van der Waals surface area (Å²) in [6, 6.07) is 9.18. The number of benzene rings is 2. The van der Waals surface area contributed by atoms with Crippen molar-refractivity contribution in [1.82, 2.24) is 4.98 Å². The predicted molar refractivity (Wildman–Crippen MR) is 95.1 cm³/mol. The summed E-state index contributed by atoms with van der Waals surface area (Å²) in [5.74, 6) is 0.417. The van der Waals surface area contributed by atoms with Crippen LogP contribution in [0.25, 0.3) is 10.2 Å². The normalized spacial score (nSPS) is 10.8. The minimum atomic E-state index is -0.176. The fraction of sp³-hybridized carbons (Fsp3) is 0.176. The van der Waals surface area contributed by atoms with E-state index in [1.807, 2.05) is 38.1 Å². The summed E-state index contributed by atoms with van der Waals surface area (Å²) in [7, 11) is 1.57. The van der Waals surface area contributed by atoms with Gasteiger partial charge in [-0.15, -0.1) is 0 Å². The second-order valence-electron chi connectivity index (χ2n) is 5.23. The molecule has 6 heteroatoms. The molecule has 0 unspecified atom stereocenters. The van der Waals surface area contributed by atoms with E-state index >= 15 is 0 Å². The first-order chi connectivity index (χ1) is 11.0. The Hall–Kier alpha value is -2.11. The Morgan fingerprint density at radius 2 is 2.00 bits per heavy atom. The van der Waals surface area contributed by atoms with Gasteiger partial charge < -0.3 is 4.74 Å². The SMILES string of the molecule is COc1cc2sc(NC(=O)c3ccc(C)c(C)c3)nc2cc1Cl. The summed E-state index contributed by atoms with van der Waals surface area (Å²) in [6.07, 6.45) is 0. The number of aryl methyl sites for hydroxylation is 2. The fourth-order valence-corrected chi connectivity index (χ4v) is 3.30. The standard InChI is InChI=1S/C17H15ClN2O2S/c1-9-4-5-11(6-10(9)2)16(21)20-17-19-13-7-12(18)14(22-3)8-15(13)23-17/h4-8H,1-3H3,(H,19,20,21). The van der Waals surface area contributed by atoms with Gasteiger partial charge in [0.1, 0.15) is 5.75 Å². The number of carbonyl (C=O) groups excluding carboxylic acids is 1. The molecule has 0 saturated heterocycles. The van der Waals surface area contributed by atoms with E-state index < -0.39 is 0 Å². The van der Waals surface area contributed by atoms with Crippen LogP contribution in [0.3, 0.4) is 0 Å². The van der Waals surface area contributed by atoms with Crippen molar-refractivity contribution in [2.45, 2.75) is 13.8 Å². The number of rotatable bonds is 3. The molecule has 3 rings (SSSR count). The van der Waals surface area contributed by atoms with Gasteiger partial charge in [0.15, 0.2) is 5.13 Å². The minimum absolute atomic E-state index is 0.176. The van der Waals surface area contributed by atoms with E-state index in [4.69, 9.17) is 16.3 Å². The van der Waals surface area contributed by atoms with Crippen LogP contribution in [0.4, 0.5) is 5.13 Å². The summed E-state index contributed by atoms with van der Waals surface area (Å²) >= 11 is 7.48. The zero-order valence-corrected chi connectivity index (χ0v) is 14.5. The van der Waals surface area contributed by atoms with Crippen LogP contribution in [0.2, 0.25) is 5.02 Å². The first kappa shape index (κ1) is 15.8. The summed E-state index contributed by atoms with van der Waals surface area (Å²) in [5, 5.41) is 3.87. The Morgan fingerprint density at radius 3 is 2.70 bits per heavy atom. The average Bonchev–Trinajstić information content (AvgIpc) is 2.89. The molecule has 1 heterocycles. The number of thiazole rings is 1. The van der Waals surface area contributed by atoms with Crippen LogP contribution in [-0.2, 0) is 0 Å². The smallest absolute Gasteiger partial charge is 0.257 e. The number of methoxy groups -OCH3 is 1. The van der Waals surface area contributed by atoms with Gasteiger partial charge in [-0.05, 0) is 43.2 Å². The molecular formula is C17H15ClN2O2S. The largest absolute Gasteiger partial charge is 0.495 e. The lowest BCUT2D eigenvalue weighted by atomic mass is 10.1. The highest BCUT2D eigenvalue weighted by molar-refractivity contribution is 7.22. The summed E-state index contributed by atoms with van der Waals surface area (Å²) in [5.41, 5.74) is 3.58. The van der Waals surface area contributed by atoms with Crippen molar-refractivity contribution >= 4 is 44.2 Å². The van der Waals surface area contributed by atoms with Gasteiger partial charge in [-0.1, -0.05) is 29.0 Å². The molecule has 4 nitrogen and oxygen atoms in total. The molecule has 0 aliphatic carbocycles. The predicted octanol–water partition coefficient (Wildman–Crippen LogP) is 4.83. The molecule has 3 aromatic rings. The third-order valence-electron chi connectivity index (χ3n) is 3.65. The number of fused-ring (bicyclic) bond motifs is 1. The van der Waals surface area contributed by atoms with E-state index in [-0.39, 0.29) is 5.91 Å². The molecule has 1 N–H and O–H groups in total. The van der Waals surface area contributed by atoms with Crippen molar-refractivity contribution in [3.63, 3.8) is 0 Å². The maximum absolute atomic E-state index is 12.3. The zero-order chi connectivity index (χ0) is 16.6. The molecule has 0 aliphatic rings. The van der Waals surface area contributed by atoms with Gasteiger partial charge >= 0.3 is 0 Å². The van der Waals surface area contributed by atoms with Gasteiger partial charge in [-0.25, -0.2) is 4.98 Å². The third-order valence-corrected chi connectivity index (χ3v) is 4.88. The zero-order valence-electron chi connectivity index (χ0n) is 12.9. The number of halogens is 1. The Labute approximate surface area is 143 Å². The molecule has 1 amide bonds. The van der Waals surface area contributed by atoms with E-state index in [9.17, 15) is 4.79 Å². The van der Waals surface area contributed by atoms with Crippen molar-refractivity contribution in [3.05, 3.63) is 52.0 Å². The lowest BCUT2D eigenvalue weighted by molar-refractivity contribution is 0.102. The molecule has 0 atom stereocenters. The number of nitrogens with zero attached hydrogens (tertiary/aromatic N) is 1. The van der Waals surface area contributed by atoms with Crippen molar-refractivity contribution in [2.24, 2.45) is 0 Å². The van der Waals surface area contributed by atoms with Crippen LogP contribution in [0.1, 0.15) is 21.5 Å². The van der Waals surface area contributed by atoms with E-state index in [2.05, 4.69) is 10.3 Å². The Kier molecular flexibility index (Phi) is 4.24. The van der Waals surface area contributed by atoms with Gasteiger partial charge in [0.2, 0.25) is 0 Å². The number of nitrogens with one attached hydrogen (secondary N) is 1. The van der Waals surface area contributed by atoms with Crippen molar-refractivity contribution < 1.29 is 9.53 Å². The van der Waals surface area contributed by atoms with Crippen LogP contribution in [-0.4, -0.2) is 18.0 Å². The van der Waals surface area contributed by atoms with Crippen LogP contribution in [0.5, 0.6) is 5.75 Å². The van der Waals surface area contributed by atoms with Crippen molar-refractivity contribution in [1.29, 1.82) is 0 Å². The second kappa shape index (κ2) is 6.18. The van der Waals surface area contributed by atoms with Crippen LogP contribution >= 0.6 is 22.9 Å². The third kappa shape index (κ3) is 3.16. The maximum Gasteiger partial charge on any atom is 0.257 e. The molecule has 0 bridgehead atoms. The van der Waals surface area contributed by atoms with Gasteiger partial charge in [0, 0.05) is 11.6 Å². The molecule has 118 valence electrons. The van der Waals surface area contributed by atoms with Crippen LogP contribution in [0, 0.1) is 13.8 Å². The molecule has 0 spiro atoms. The van der Waals surface area contributed by atoms with Crippen molar-refractivity contribution in [3.8, 4) is 5.75 Å². The number of anilines is 1. The number of carbonyl (C=O) groups is 1. The summed E-state index contributed by atoms with van der Waals surface area (Å²) in [4.78, 5) is 16.8. The van der Waals surface area contributed by atoms with Gasteiger partial charge in [-0.2, -0.15) is 0 Å². The highest BCUT2D eigenvalue weighted by atomic mass is 35.5. The van der Waals surface area contributed by atoms with E-state index in [0.717, 1.165) is 21.3 Å².